The number of alkyl halides is 6. The van der Waals surface area contributed by atoms with Gasteiger partial charge in [0.2, 0.25) is 5.91 Å². The third-order valence-corrected chi connectivity index (χ3v) is 4.36. The summed E-state index contributed by atoms with van der Waals surface area (Å²) in [4.78, 5) is 23.4. The van der Waals surface area contributed by atoms with E-state index in [4.69, 9.17) is 5.73 Å². The normalized spacial score (nSPS) is 24.0. The minimum absolute atomic E-state index is 0.0783. The van der Waals surface area contributed by atoms with Gasteiger partial charge in [-0.1, -0.05) is 0 Å². The van der Waals surface area contributed by atoms with Gasteiger partial charge in [0.25, 0.3) is 6.10 Å². The Morgan fingerprint density at radius 1 is 1.09 bits per heavy atom. The molecule has 1 aliphatic carbocycles. The predicted molar refractivity (Wildman–Crippen MR) is 62.9 cm³/mol. The quantitative estimate of drug-likeness (QED) is 0.778. The molecule has 2 N–H and O–H groups in total. The van der Waals surface area contributed by atoms with Gasteiger partial charge in [-0.2, -0.15) is 26.3 Å². The molecule has 2 fully saturated rings. The minimum atomic E-state index is -5.74. The Balaban J connectivity index is 1.94. The van der Waals surface area contributed by atoms with Crippen LogP contribution in [0.1, 0.15) is 19.3 Å². The van der Waals surface area contributed by atoms with Crippen molar-refractivity contribution in [2.24, 2.45) is 17.1 Å². The lowest BCUT2D eigenvalue weighted by Gasteiger charge is -2.33. The van der Waals surface area contributed by atoms with Crippen LogP contribution in [0.2, 0.25) is 0 Å². The number of ether oxygens (including phenoxy) is 1. The molecule has 11 heteroatoms. The number of hydrogen-bond acceptors (Lipinski definition) is 3. The van der Waals surface area contributed by atoms with E-state index in [1.807, 2.05) is 0 Å². The number of carbonyl (C=O) groups is 2. The van der Waals surface area contributed by atoms with Crippen LogP contribution in [0.4, 0.5) is 31.1 Å². The number of nitrogens with two attached hydrogens (primary N) is 1. The lowest BCUT2D eigenvalue weighted by Crippen LogP contribution is -2.49. The molecule has 1 saturated heterocycles. The molecule has 0 aromatic rings. The van der Waals surface area contributed by atoms with Gasteiger partial charge >= 0.3 is 18.4 Å². The van der Waals surface area contributed by atoms with Gasteiger partial charge in [-0.15, -0.1) is 0 Å². The van der Waals surface area contributed by atoms with E-state index < -0.39 is 30.5 Å². The van der Waals surface area contributed by atoms with E-state index in [1.165, 1.54) is 0 Å². The first-order valence-corrected chi connectivity index (χ1v) is 6.75. The molecule has 0 bridgehead atoms. The molecule has 132 valence electrons. The molecule has 1 spiro atoms. The molecule has 2 rings (SSSR count). The summed E-state index contributed by atoms with van der Waals surface area (Å²) < 4.78 is 77.7. The second-order valence-electron chi connectivity index (χ2n) is 5.86. The summed E-state index contributed by atoms with van der Waals surface area (Å²) in [5.74, 6) is -0.839. The van der Waals surface area contributed by atoms with Crippen LogP contribution in [0.5, 0.6) is 0 Å². The largest absolute Gasteiger partial charge is 0.434 e. The number of piperidine rings is 1. The fraction of sp³-hybridized carbons (Fsp3) is 0.833. The van der Waals surface area contributed by atoms with Crippen LogP contribution in [0, 0.1) is 11.3 Å². The zero-order chi connectivity index (χ0) is 17.6. The van der Waals surface area contributed by atoms with Crippen LogP contribution < -0.4 is 5.73 Å². The van der Waals surface area contributed by atoms with Gasteiger partial charge in [0.1, 0.15) is 0 Å². The first-order chi connectivity index (χ1) is 10.4. The van der Waals surface area contributed by atoms with E-state index in [1.54, 1.807) is 0 Å². The maximum Gasteiger partial charge on any atom is 0.434 e. The summed E-state index contributed by atoms with van der Waals surface area (Å²) in [5, 5.41) is 0. The molecular formula is C12H14F6N2O3. The van der Waals surface area contributed by atoms with Crippen molar-refractivity contribution < 1.29 is 40.7 Å². The topological polar surface area (TPSA) is 72.6 Å². The molecule has 23 heavy (non-hydrogen) atoms. The fourth-order valence-electron chi connectivity index (χ4n) is 2.93. The van der Waals surface area contributed by atoms with Crippen molar-refractivity contribution in [2.75, 3.05) is 13.1 Å². The van der Waals surface area contributed by atoms with Crippen LogP contribution in [0.3, 0.4) is 0 Å². The van der Waals surface area contributed by atoms with E-state index in [9.17, 15) is 35.9 Å². The smallest absolute Gasteiger partial charge is 0.426 e. The molecule has 0 aromatic heterocycles. The summed E-state index contributed by atoms with van der Waals surface area (Å²) in [5.41, 5.74) is 4.79. The number of halogens is 6. The zero-order valence-corrected chi connectivity index (χ0v) is 11.7. The Kier molecular flexibility index (Phi) is 4.18. The maximum absolute atomic E-state index is 12.3. The summed E-state index contributed by atoms with van der Waals surface area (Å²) in [6.07, 6.45) is -16.2. The lowest BCUT2D eigenvalue weighted by atomic mass is 9.91. The molecule has 1 aliphatic heterocycles. The summed E-state index contributed by atoms with van der Waals surface area (Å²) in [6, 6.07) is 0. The molecule has 1 atom stereocenters. The van der Waals surface area contributed by atoms with Crippen molar-refractivity contribution in [1.29, 1.82) is 0 Å². The van der Waals surface area contributed by atoms with Gasteiger partial charge < -0.3 is 15.4 Å². The average Bonchev–Trinajstić information content (AvgIpc) is 3.08. The zero-order valence-electron chi connectivity index (χ0n) is 11.7. The van der Waals surface area contributed by atoms with Crippen molar-refractivity contribution in [3.8, 4) is 0 Å². The molecule has 0 unspecified atom stereocenters. The summed E-state index contributed by atoms with van der Waals surface area (Å²) in [7, 11) is 0. The molecule has 5 nitrogen and oxygen atoms in total. The van der Waals surface area contributed by atoms with E-state index in [2.05, 4.69) is 4.74 Å². The Morgan fingerprint density at radius 3 is 1.91 bits per heavy atom. The Hall–Kier alpha value is -1.68. The van der Waals surface area contributed by atoms with Crippen LogP contribution >= 0.6 is 0 Å². The predicted octanol–water partition coefficient (Wildman–Crippen LogP) is 2.20. The first kappa shape index (κ1) is 17.7. The highest BCUT2D eigenvalue weighted by Crippen LogP contribution is 2.59. The molecule has 0 aromatic carbocycles. The lowest BCUT2D eigenvalue weighted by molar-refractivity contribution is -0.308. The third kappa shape index (κ3) is 3.63. The van der Waals surface area contributed by atoms with E-state index in [0.29, 0.717) is 19.3 Å². The highest BCUT2D eigenvalue weighted by molar-refractivity contribution is 5.81. The van der Waals surface area contributed by atoms with Crippen LogP contribution in [0.15, 0.2) is 0 Å². The molecule has 1 heterocycles. The number of hydrogen-bond donors (Lipinski definition) is 1. The second-order valence-corrected chi connectivity index (χ2v) is 5.86. The van der Waals surface area contributed by atoms with Crippen LogP contribution in [0.25, 0.3) is 0 Å². The van der Waals surface area contributed by atoms with Gasteiger partial charge in [0.15, 0.2) is 0 Å². The van der Waals surface area contributed by atoms with Gasteiger partial charge in [0.05, 0.1) is 0 Å². The summed E-state index contributed by atoms with van der Waals surface area (Å²) in [6.45, 7) is -0.157. The summed E-state index contributed by atoms with van der Waals surface area (Å²) >= 11 is 0. The minimum Gasteiger partial charge on any atom is -0.426 e. The first-order valence-electron chi connectivity index (χ1n) is 6.75. The molecule has 2 aliphatic rings. The molecule has 0 radical (unpaired) electrons. The number of amides is 2. The SMILES string of the molecule is NC(=O)[C@@H]1CC12CCN(C(=O)OC(C(F)(F)F)C(F)(F)F)CC2. The van der Waals surface area contributed by atoms with Gasteiger partial charge in [0, 0.05) is 19.0 Å². The Bertz CT molecular complexity index is 482. The number of likely N-dealkylation sites (tertiary alicyclic amines) is 1. The number of nitrogens with zero attached hydrogens (tertiary/aromatic N) is 1. The third-order valence-electron chi connectivity index (χ3n) is 4.36. The van der Waals surface area contributed by atoms with Crippen molar-refractivity contribution in [2.45, 2.75) is 37.7 Å². The van der Waals surface area contributed by atoms with Crippen LogP contribution in [-0.2, 0) is 9.53 Å². The van der Waals surface area contributed by atoms with E-state index in [-0.39, 0.29) is 24.4 Å². The van der Waals surface area contributed by atoms with Gasteiger partial charge in [-0.3, -0.25) is 4.79 Å². The Morgan fingerprint density at radius 2 is 1.57 bits per heavy atom. The van der Waals surface area contributed by atoms with Crippen molar-refractivity contribution in [3.05, 3.63) is 0 Å². The monoisotopic (exact) mass is 348 g/mol. The highest BCUT2D eigenvalue weighted by Gasteiger charge is 2.61. The van der Waals surface area contributed by atoms with E-state index in [0.717, 1.165) is 4.90 Å². The maximum atomic E-state index is 12.3. The standard InChI is InChI=1S/C12H14F6N2O3/c13-11(14,15)8(12(16,17)18)23-9(22)20-3-1-10(2-4-20)5-6(10)7(19)21/h6,8H,1-5H2,(H2,19,21)/t6-/m0/s1. The van der Waals surface area contributed by atoms with Gasteiger partial charge in [-0.25, -0.2) is 4.79 Å². The second kappa shape index (κ2) is 5.45. The number of carbonyl (C=O) groups excluding carboxylic acids is 2. The van der Waals surface area contributed by atoms with Crippen molar-refractivity contribution >= 4 is 12.0 Å². The number of primary amides is 1. The fourth-order valence-corrected chi connectivity index (χ4v) is 2.93. The molecule has 1 saturated carbocycles. The Labute approximate surface area is 126 Å². The van der Waals surface area contributed by atoms with Gasteiger partial charge in [-0.05, 0) is 24.7 Å². The molecular weight excluding hydrogens is 334 g/mol. The van der Waals surface area contributed by atoms with E-state index >= 15 is 0 Å². The number of rotatable bonds is 2. The van der Waals surface area contributed by atoms with Crippen LogP contribution in [-0.4, -0.2) is 48.4 Å². The average molecular weight is 348 g/mol. The molecule has 2 amide bonds. The van der Waals surface area contributed by atoms with Crippen molar-refractivity contribution in [1.82, 2.24) is 4.90 Å². The highest BCUT2D eigenvalue weighted by atomic mass is 19.4. The van der Waals surface area contributed by atoms with Crippen molar-refractivity contribution in [3.63, 3.8) is 0 Å².